The van der Waals surface area contributed by atoms with Crippen LogP contribution in [0.3, 0.4) is 0 Å². The van der Waals surface area contributed by atoms with Gasteiger partial charge < -0.3 is 15.2 Å². The van der Waals surface area contributed by atoms with E-state index in [1.165, 1.54) is 0 Å². The van der Waals surface area contributed by atoms with E-state index < -0.39 is 12.0 Å². The highest BCUT2D eigenvalue weighted by atomic mass is 35.5. The Hall–Kier alpha value is -0.590. The molecule has 0 bridgehead atoms. The van der Waals surface area contributed by atoms with Gasteiger partial charge in [-0.1, -0.05) is 37.0 Å². The third kappa shape index (κ3) is 8.44. The second-order valence-corrected chi connectivity index (χ2v) is 5.54. The van der Waals surface area contributed by atoms with Crippen molar-refractivity contribution in [2.45, 2.75) is 26.5 Å². The predicted molar refractivity (Wildman–Crippen MR) is 84.9 cm³/mol. The average molecular weight is 358 g/mol. The lowest BCUT2D eigenvalue weighted by molar-refractivity contribution is -0.148. The van der Waals surface area contributed by atoms with Crippen LogP contribution in [0.15, 0.2) is 12.1 Å². The van der Waals surface area contributed by atoms with E-state index in [0.29, 0.717) is 18.1 Å². The summed E-state index contributed by atoms with van der Waals surface area (Å²) < 4.78 is 10.4. The van der Waals surface area contributed by atoms with E-state index in [4.69, 9.17) is 38.4 Å². The van der Waals surface area contributed by atoms with Crippen LogP contribution in [0.5, 0.6) is 0 Å². The standard InChI is InChI=1S/C13H18Cl2N2O3.ClH/c1-8(2)5-19-7-10(16)13(18)20-6-9-3-11(14)17-12(15)4-9;/h3-4,8,10H,5-7,16H2,1-2H3;1H/t10-;/m0./s1. The van der Waals surface area contributed by atoms with E-state index in [0.717, 1.165) is 0 Å². The molecule has 1 rings (SSSR count). The first-order chi connectivity index (χ1) is 9.38. The topological polar surface area (TPSA) is 74.4 Å². The molecule has 0 saturated heterocycles. The molecule has 8 heteroatoms. The lowest BCUT2D eigenvalue weighted by atomic mass is 10.2. The molecule has 0 aromatic carbocycles. The molecule has 1 atom stereocenters. The summed E-state index contributed by atoms with van der Waals surface area (Å²) in [4.78, 5) is 15.5. The highest BCUT2D eigenvalue weighted by Gasteiger charge is 2.15. The van der Waals surface area contributed by atoms with Gasteiger partial charge in [-0.25, -0.2) is 4.98 Å². The summed E-state index contributed by atoms with van der Waals surface area (Å²) in [6.45, 7) is 4.76. The van der Waals surface area contributed by atoms with Gasteiger partial charge in [0.15, 0.2) is 0 Å². The molecule has 0 saturated carbocycles. The summed E-state index contributed by atoms with van der Waals surface area (Å²) in [5.74, 6) is -0.142. The first-order valence-corrected chi connectivity index (χ1v) is 6.96. The van der Waals surface area contributed by atoms with E-state index in [1.54, 1.807) is 12.1 Å². The molecule has 0 spiro atoms. The quantitative estimate of drug-likeness (QED) is 0.600. The van der Waals surface area contributed by atoms with Gasteiger partial charge in [-0.2, -0.15) is 0 Å². The minimum atomic E-state index is -0.804. The van der Waals surface area contributed by atoms with Crippen LogP contribution >= 0.6 is 35.6 Å². The van der Waals surface area contributed by atoms with E-state index >= 15 is 0 Å². The van der Waals surface area contributed by atoms with Crippen molar-refractivity contribution < 1.29 is 14.3 Å². The van der Waals surface area contributed by atoms with E-state index in [2.05, 4.69) is 4.98 Å². The number of esters is 1. The molecular weight excluding hydrogens is 339 g/mol. The Labute approximate surface area is 140 Å². The number of nitrogens with two attached hydrogens (primary N) is 1. The zero-order valence-corrected chi connectivity index (χ0v) is 14.2. The summed E-state index contributed by atoms with van der Waals surface area (Å²) in [7, 11) is 0. The Morgan fingerprint density at radius 1 is 1.29 bits per heavy atom. The Kier molecular flexibility index (Phi) is 9.90. The van der Waals surface area contributed by atoms with Gasteiger partial charge in [-0.05, 0) is 23.6 Å². The van der Waals surface area contributed by atoms with E-state index in [-0.39, 0.29) is 35.9 Å². The zero-order chi connectivity index (χ0) is 15.1. The van der Waals surface area contributed by atoms with Crippen LogP contribution in [0.4, 0.5) is 0 Å². The lowest BCUT2D eigenvalue weighted by Crippen LogP contribution is -2.37. The lowest BCUT2D eigenvalue weighted by Gasteiger charge is -2.13. The number of ether oxygens (including phenoxy) is 2. The second-order valence-electron chi connectivity index (χ2n) is 4.77. The second kappa shape index (κ2) is 10.2. The molecule has 0 aliphatic rings. The summed E-state index contributed by atoms with van der Waals surface area (Å²) in [5.41, 5.74) is 6.31. The number of aromatic nitrogens is 1. The highest BCUT2D eigenvalue weighted by molar-refractivity contribution is 6.32. The largest absolute Gasteiger partial charge is 0.460 e. The van der Waals surface area contributed by atoms with E-state index in [9.17, 15) is 4.79 Å². The van der Waals surface area contributed by atoms with Gasteiger partial charge in [0, 0.05) is 6.61 Å². The van der Waals surface area contributed by atoms with Crippen LogP contribution < -0.4 is 5.73 Å². The van der Waals surface area contributed by atoms with Crippen LogP contribution in [0.1, 0.15) is 19.4 Å². The number of rotatable bonds is 7. The third-order valence-electron chi connectivity index (χ3n) is 2.26. The van der Waals surface area contributed by atoms with Crippen LogP contribution in [0, 0.1) is 5.92 Å². The molecule has 21 heavy (non-hydrogen) atoms. The number of hydrogen-bond donors (Lipinski definition) is 1. The molecule has 5 nitrogen and oxygen atoms in total. The van der Waals surface area contributed by atoms with Crippen LogP contribution in [-0.2, 0) is 20.9 Å². The Morgan fingerprint density at radius 2 is 1.86 bits per heavy atom. The molecule has 1 heterocycles. The van der Waals surface area contributed by atoms with E-state index in [1.807, 2.05) is 13.8 Å². The van der Waals surface area contributed by atoms with Crippen molar-refractivity contribution in [2.75, 3.05) is 13.2 Å². The first kappa shape index (κ1) is 20.4. The minimum absolute atomic E-state index is 0. The van der Waals surface area contributed by atoms with Crippen molar-refractivity contribution in [1.82, 2.24) is 4.98 Å². The number of nitrogens with zero attached hydrogens (tertiary/aromatic N) is 1. The highest BCUT2D eigenvalue weighted by Crippen LogP contribution is 2.15. The van der Waals surface area contributed by atoms with Gasteiger partial charge in [0.05, 0.1) is 6.61 Å². The van der Waals surface area contributed by atoms with Gasteiger partial charge in [-0.15, -0.1) is 12.4 Å². The average Bonchev–Trinajstić information content (AvgIpc) is 2.34. The number of pyridine rings is 1. The van der Waals surface area contributed by atoms with Gasteiger partial charge in [-0.3, -0.25) is 4.79 Å². The molecule has 0 aliphatic heterocycles. The molecule has 0 radical (unpaired) electrons. The SMILES string of the molecule is CC(C)COC[C@H](N)C(=O)OCc1cc(Cl)nc(Cl)c1.Cl. The van der Waals surface area contributed by atoms with Crippen molar-refractivity contribution >= 4 is 41.6 Å². The monoisotopic (exact) mass is 356 g/mol. The maximum atomic E-state index is 11.7. The molecule has 1 aromatic heterocycles. The molecule has 0 aliphatic carbocycles. The van der Waals surface area contributed by atoms with Crippen molar-refractivity contribution in [2.24, 2.45) is 11.7 Å². The number of halogens is 3. The molecule has 120 valence electrons. The van der Waals surface area contributed by atoms with Crippen molar-refractivity contribution in [3.63, 3.8) is 0 Å². The molecule has 2 N–H and O–H groups in total. The van der Waals surface area contributed by atoms with Crippen LogP contribution in [0.2, 0.25) is 10.3 Å². The fourth-order valence-electron chi connectivity index (χ4n) is 1.36. The Balaban J connectivity index is 0.00000400. The van der Waals surface area contributed by atoms with Crippen LogP contribution in [-0.4, -0.2) is 30.2 Å². The van der Waals surface area contributed by atoms with Crippen molar-refractivity contribution in [3.8, 4) is 0 Å². The smallest absolute Gasteiger partial charge is 0.325 e. The fourth-order valence-corrected chi connectivity index (χ4v) is 1.86. The Bertz CT molecular complexity index is 438. The summed E-state index contributed by atoms with van der Waals surface area (Å²) in [6.07, 6.45) is 0. The molecule has 0 amide bonds. The molecule has 1 aromatic rings. The molecule has 0 fully saturated rings. The maximum absolute atomic E-state index is 11.7. The number of hydrogen-bond acceptors (Lipinski definition) is 5. The summed E-state index contributed by atoms with van der Waals surface area (Å²) in [6, 6.07) is 2.34. The van der Waals surface area contributed by atoms with Gasteiger partial charge in [0.25, 0.3) is 0 Å². The van der Waals surface area contributed by atoms with Gasteiger partial charge >= 0.3 is 5.97 Å². The minimum Gasteiger partial charge on any atom is -0.460 e. The predicted octanol–water partition coefficient (Wildman–Crippen LogP) is 2.85. The van der Waals surface area contributed by atoms with Gasteiger partial charge in [0.1, 0.15) is 23.0 Å². The number of carbonyl (C=O) groups excluding carboxylic acids is 1. The maximum Gasteiger partial charge on any atom is 0.325 e. The number of carbonyl (C=O) groups is 1. The third-order valence-corrected chi connectivity index (χ3v) is 2.64. The van der Waals surface area contributed by atoms with Crippen molar-refractivity contribution in [3.05, 3.63) is 28.0 Å². The van der Waals surface area contributed by atoms with Crippen LogP contribution in [0.25, 0.3) is 0 Å². The van der Waals surface area contributed by atoms with Gasteiger partial charge in [0.2, 0.25) is 0 Å². The fraction of sp³-hybridized carbons (Fsp3) is 0.538. The normalized spacial score (nSPS) is 11.9. The molecular formula is C13H19Cl3N2O3. The van der Waals surface area contributed by atoms with Crippen molar-refractivity contribution in [1.29, 1.82) is 0 Å². The molecule has 0 unspecified atom stereocenters. The zero-order valence-electron chi connectivity index (χ0n) is 11.8. The summed E-state index contributed by atoms with van der Waals surface area (Å²) >= 11 is 11.5. The summed E-state index contributed by atoms with van der Waals surface area (Å²) in [5, 5.41) is 0.487. The Morgan fingerprint density at radius 3 is 2.38 bits per heavy atom. The first-order valence-electron chi connectivity index (χ1n) is 6.20.